The van der Waals surface area contributed by atoms with Gasteiger partial charge in [-0.25, -0.2) is 0 Å². The molecule has 0 bridgehead atoms. The van der Waals surface area contributed by atoms with Crippen molar-refractivity contribution in [3.8, 4) is 0 Å². The molecule has 5 nitrogen and oxygen atoms in total. The number of hydrogen-bond acceptors (Lipinski definition) is 4. The molecule has 2 aliphatic rings. The summed E-state index contributed by atoms with van der Waals surface area (Å²) >= 11 is 0. The van der Waals surface area contributed by atoms with Crippen molar-refractivity contribution >= 4 is 5.91 Å². The Morgan fingerprint density at radius 3 is 2.49 bits per heavy atom. The van der Waals surface area contributed by atoms with Crippen LogP contribution in [0, 0.1) is 6.92 Å². The number of amides is 1. The van der Waals surface area contributed by atoms with Crippen molar-refractivity contribution in [1.29, 1.82) is 0 Å². The van der Waals surface area contributed by atoms with Gasteiger partial charge in [0.05, 0.1) is 23.8 Å². The zero-order valence-corrected chi connectivity index (χ0v) is 19.9. The van der Waals surface area contributed by atoms with Crippen LogP contribution < -0.4 is 10.6 Å². The molecule has 188 valence electrons. The largest absolute Gasteiger partial charge is 0.416 e. The van der Waals surface area contributed by atoms with E-state index >= 15 is 0 Å². The van der Waals surface area contributed by atoms with Crippen molar-refractivity contribution in [3.05, 3.63) is 83.1 Å². The molecule has 3 N–H and O–H groups in total. The van der Waals surface area contributed by atoms with E-state index in [0.29, 0.717) is 11.7 Å². The molecular formula is C27H32F3N3O2. The highest BCUT2D eigenvalue weighted by atomic mass is 19.4. The maximum Gasteiger partial charge on any atom is 0.416 e. The number of carbonyl (C=O) groups is 1. The first-order chi connectivity index (χ1) is 16.5. The van der Waals surface area contributed by atoms with E-state index in [9.17, 15) is 23.1 Å². The van der Waals surface area contributed by atoms with Gasteiger partial charge in [-0.15, -0.1) is 0 Å². The number of hydrogen-bond donors (Lipinski definition) is 3. The standard InChI is InChI=1S/C27H32F3N3O2/c1-18-5-3-7-21(13-18)26(35)11-9-24(10-12-26)33-16-23(17-33)32-19(2)15-31-25(34)20-6-4-8-22(14-20)27(28,29)30/h3-8,13-14,23-24,32,35H,2,9-12,15-17H2,1H3,(H,31,34). The molecule has 0 unspecified atom stereocenters. The fourth-order valence-corrected chi connectivity index (χ4v) is 5.04. The molecule has 1 saturated heterocycles. The molecule has 2 aromatic rings. The molecular weight excluding hydrogens is 455 g/mol. The highest BCUT2D eigenvalue weighted by Crippen LogP contribution is 2.39. The minimum atomic E-state index is -4.49. The first-order valence-corrected chi connectivity index (χ1v) is 12.0. The lowest BCUT2D eigenvalue weighted by Gasteiger charge is -2.48. The molecule has 4 rings (SSSR count). The molecule has 2 fully saturated rings. The summed E-state index contributed by atoms with van der Waals surface area (Å²) in [4.78, 5) is 14.7. The lowest BCUT2D eigenvalue weighted by molar-refractivity contribution is -0.137. The van der Waals surface area contributed by atoms with E-state index in [4.69, 9.17) is 0 Å². The number of benzene rings is 2. The number of nitrogens with zero attached hydrogens (tertiary/aromatic N) is 1. The summed E-state index contributed by atoms with van der Waals surface area (Å²) in [5.74, 6) is -0.572. The van der Waals surface area contributed by atoms with Crippen LogP contribution in [0.25, 0.3) is 0 Å². The van der Waals surface area contributed by atoms with Crippen LogP contribution in [-0.2, 0) is 11.8 Å². The van der Waals surface area contributed by atoms with Crippen LogP contribution >= 0.6 is 0 Å². The Kier molecular flexibility index (Phi) is 7.24. The first kappa shape index (κ1) is 25.3. The quantitative estimate of drug-likeness (QED) is 0.543. The van der Waals surface area contributed by atoms with Crippen LogP contribution in [0.2, 0.25) is 0 Å². The third-order valence-corrected chi connectivity index (χ3v) is 7.09. The van der Waals surface area contributed by atoms with E-state index in [1.54, 1.807) is 0 Å². The lowest BCUT2D eigenvalue weighted by Crippen LogP contribution is -2.62. The van der Waals surface area contributed by atoms with Gasteiger partial charge in [0.15, 0.2) is 0 Å². The number of rotatable bonds is 7. The van der Waals surface area contributed by atoms with E-state index in [0.717, 1.165) is 62.0 Å². The van der Waals surface area contributed by atoms with Gasteiger partial charge in [-0.1, -0.05) is 42.5 Å². The third kappa shape index (κ3) is 6.05. The first-order valence-electron chi connectivity index (χ1n) is 12.0. The van der Waals surface area contributed by atoms with Crippen LogP contribution in [0.1, 0.15) is 52.7 Å². The summed E-state index contributed by atoms with van der Waals surface area (Å²) in [5.41, 5.74) is 1.13. The van der Waals surface area contributed by atoms with E-state index in [1.165, 1.54) is 12.1 Å². The molecule has 0 spiro atoms. The number of halogens is 3. The van der Waals surface area contributed by atoms with E-state index in [2.05, 4.69) is 28.2 Å². The fraction of sp³-hybridized carbons (Fsp3) is 0.444. The maximum absolute atomic E-state index is 12.9. The summed E-state index contributed by atoms with van der Waals surface area (Å²) in [6, 6.07) is 13.1. The molecule has 2 aromatic carbocycles. The Labute approximate surface area is 204 Å². The second-order valence-electron chi connectivity index (χ2n) is 9.79. The Bertz CT molecular complexity index is 1070. The Morgan fingerprint density at radius 1 is 1.14 bits per heavy atom. The molecule has 1 aliphatic heterocycles. The number of likely N-dealkylation sites (tertiary alicyclic amines) is 1. The topological polar surface area (TPSA) is 64.6 Å². The van der Waals surface area contributed by atoms with Crippen LogP contribution in [0.15, 0.2) is 60.8 Å². The van der Waals surface area contributed by atoms with Crippen LogP contribution in [0.4, 0.5) is 13.2 Å². The van der Waals surface area contributed by atoms with Crippen molar-refractivity contribution in [3.63, 3.8) is 0 Å². The number of alkyl halides is 3. The number of aliphatic hydroxyl groups is 1. The van der Waals surface area contributed by atoms with E-state index < -0.39 is 23.2 Å². The van der Waals surface area contributed by atoms with Gasteiger partial charge in [-0.3, -0.25) is 9.69 Å². The van der Waals surface area contributed by atoms with Gasteiger partial charge in [0.25, 0.3) is 5.91 Å². The van der Waals surface area contributed by atoms with Gasteiger partial charge in [0, 0.05) is 30.4 Å². The second-order valence-corrected chi connectivity index (χ2v) is 9.79. The molecule has 1 amide bonds. The zero-order chi connectivity index (χ0) is 25.2. The zero-order valence-electron chi connectivity index (χ0n) is 19.9. The van der Waals surface area contributed by atoms with Gasteiger partial charge in [0.1, 0.15) is 0 Å². The average Bonchev–Trinajstić information content (AvgIpc) is 2.80. The monoisotopic (exact) mass is 487 g/mol. The highest BCUT2D eigenvalue weighted by molar-refractivity contribution is 5.94. The molecule has 1 saturated carbocycles. The predicted octanol–water partition coefficient (Wildman–Crippen LogP) is 4.36. The smallest absolute Gasteiger partial charge is 0.385 e. The molecule has 8 heteroatoms. The number of nitrogens with one attached hydrogen (secondary N) is 2. The molecule has 0 atom stereocenters. The minimum Gasteiger partial charge on any atom is -0.385 e. The molecule has 1 heterocycles. The van der Waals surface area contributed by atoms with Crippen molar-refractivity contribution in [2.24, 2.45) is 0 Å². The Morgan fingerprint density at radius 2 is 1.83 bits per heavy atom. The summed E-state index contributed by atoms with van der Waals surface area (Å²) in [5, 5.41) is 17.1. The van der Waals surface area contributed by atoms with Crippen LogP contribution in [0.5, 0.6) is 0 Å². The van der Waals surface area contributed by atoms with E-state index in [-0.39, 0.29) is 18.2 Å². The van der Waals surface area contributed by atoms with E-state index in [1.807, 2.05) is 25.1 Å². The SMILES string of the molecule is C=C(CNC(=O)c1cccc(C(F)(F)F)c1)NC1CN(C2CCC(O)(c3cccc(C)c3)CC2)C1. The van der Waals surface area contributed by atoms with Crippen LogP contribution in [-0.4, -0.2) is 47.6 Å². The lowest BCUT2D eigenvalue weighted by atomic mass is 9.76. The van der Waals surface area contributed by atoms with Gasteiger partial charge in [-0.2, -0.15) is 13.2 Å². The van der Waals surface area contributed by atoms with Crippen LogP contribution in [0.3, 0.4) is 0 Å². The Balaban J connectivity index is 1.18. The summed E-state index contributed by atoms with van der Waals surface area (Å²) in [6.07, 6.45) is -1.14. The van der Waals surface area contributed by atoms with Gasteiger partial charge >= 0.3 is 6.18 Å². The third-order valence-electron chi connectivity index (χ3n) is 7.09. The minimum absolute atomic E-state index is 0.0367. The second kappa shape index (κ2) is 10.0. The molecule has 35 heavy (non-hydrogen) atoms. The maximum atomic E-state index is 12.9. The predicted molar refractivity (Wildman–Crippen MR) is 129 cm³/mol. The molecule has 0 aromatic heterocycles. The summed E-state index contributed by atoms with van der Waals surface area (Å²) in [6.45, 7) is 7.82. The van der Waals surface area contributed by atoms with Crippen molar-refractivity contribution in [2.75, 3.05) is 19.6 Å². The fourth-order valence-electron chi connectivity index (χ4n) is 5.04. The van der Waals surface area contributed by atoms with Gasteiger partial charge < -0.3 is 15.7 Å². The molecule has 0 radical (unpaired) electrons. The average molecular weight is 488 g/mol. The molecule has 1 aliphatic carbocycles. The normalized spacial score (nSPS) is 23.4. The number of aryl methyl sites for hydroxylation is 1. The number of carbonyl (C=O) groups excluding carboxylic acids is 1. The van der Waals surface area contributed by atoms with Gasteiger partial charge in [-0.05, 0) is 56.4 Å². The summed E-state index contributed by atoms with van der Waals surface area (Å²) in [7, 11) is 0. The van der Waals surface area contributed by atoms with Crippen molar-refractivity contribution < 1.29 is 23.1 Å². The highest BCUT2D eigenvalue weighted by Gasteiger charge is 2.40. The van der Waals surface area contributed by atoms with Gasteiger partial charge in [0.2, 0.25) is 0 Å². The van der Waals surface area contributed by atoms with Crippen molar-refractivity contribution in [2.45, 2.75) is 56.5 Å². The van der Waals surface area contributed by atoms with Crippen molar-refractivity contribution in [1.82, 2.24) is 15.5 Å². The summed E-state index contributed by atoms with van der Waals surface area (Å²) < 4.78 is 38.6. The Hall–Kier alpha value is -2.84.